The third-order valence-corrected chi connectivity index (χ3v) is 6.02. The van der Waals surface area contributed by atoms with Crippen molar-refractivity contribution in [2.24, 2.45) is 0 Å². The van der Waals surface area contributed by atoms with Crippen LogP contribution >= 0.6 is 0 Å². The van der Waals surface area contributed by atoms with Gasteiger partial charge in [-0.1, -0.05) is 31.5 Å². The number of likely N-dealkylation sites (tertiary alicyclic amines) is 1. The van der Waals surface area contributed by atoms with E-state index >= 15 is 0 Å². The van der Waals surface area contributed by atoms with Gasteiger partial charge in [0.05, 0.1) is 24.8 Å². The molecule has 2 aromatic carbocycles. The number of carbonyl (C=O) groups excluding carboxylic acids is 2. The van der Waals surface area contributed by atoms with Crippen LogP contribution in [0.2, 0.25) is 0 Å². The zero-order valence-corrected chi connectivity index (χ0v) is 21.5. The largest absolute Gasteiger partial charge is 0.507 e. The van der Waals surface area contributed by atoms with Crippen LogP contribution in [0.15, 0.2) is 48.0 Å². The first-order valence-electron chi connectivity index (χ1n) is 12.4. The molecule has 0 radical (unpaired) electrons. The molecule has 8 nitrogen and oxygen atoms in total. The van der Waals surface area contributed by atoms with Crippen LogP contribution in [-0.4, -0.2) is 72.1 Å². The van der Waals surface area contributed by atoms with E-state index in [1.807, 2.05) is 19.0 Å². The van der Waals surface area contributed by atoms with E-state index in [0.29, 0.717) is 43.1 Å². The number of aliphatic hydroxyl groups is 1. The van der Waals surface area contributed by atoms with Crippen molar-refractivity contribution in [3.8, 4) is 17.2 Å². The van der Waals surface area contributed by atoms with E-state index in [9.17, 15) is 19.8 Å². The molecule has 1 fully saturated rings. The summed E-state index contributed by atoms with van der Waals surface area (Å²) in [5.41, 5.74) is 0.963. The van der Waals surface area contributed by atoms with Crippen molar-refractivity contribution in [2.75, 3.05) is 40.4 Å². The minimum absolute atomic E-state index is 0.00343. The minimum atomic E-state index is -0.823. The van der Waals surface area contributed by atoms with Crippen LogP contribution in [0.5, 0.6) is 17.2 Å². The third kappa shape index (κ3) is 6.18. The number of aromatic hydroxyl groups is 1. The van der Waals surface area contributed by atoms with E-state index < -0.39 is 17.7 Å². The first-order valence-corrected chi connectivity index (χ1v) is 12.4. The molecule has 1 aliphatic heterocycles. The Balaban J connectivity index is 2.08. The molecule has 2 N–H and O–H groups in total. The number of unbranched alkanes of at least 4 members (excludes halogenated alkanes) is 1. The number of Topliss-reactive ketones (excluding diaryl/α,β-unsaturated/α-hetero) is 1. The number of hydrogen-bond acceptors (Lipinski definition) is 7. The Morgan fingerprint density at radius 3 is 2.53 bits per heavy atom. The van der Waals surface area contributed by atoms with Crippen LogP contribution in [0.25, 0.3) is 5.76 Å². The highest BCUT2D eigenvalue weighted by Gasteiger charge is 2.46. The van der Waals surface area contributed by atoms with Crippen LogP contribution in [0.3, 0.4) is 0 Å². The second-order valence-corrected chi connectivity index (χ2v) is 9.04. The summed E-state index contributed by atoms with van der Waals surface area (Å²) in [6.07, 6.45) is 2.54. The van der Waals surface area contributed by atoms with Crippen LogP contribution < -0.4 is 9.47 Å². The van der Waals surface area contributed by atoms with Gasteiger partial charge in [-0.2, -0.15) is 0 Å². The Bertz CT molecular complexity index is 1110. The lowest BCUT2D eigenvalue weighted by Crippen LogP contribution is -2.32. The van der Waals surface area contributed by atoms with Gasteiger partial charge < -0.3 is 29.5 Å². The first kappa shape index (κ1) is 27.1. The number of phenols is 1. The molecule has 2 aromatic rings. The first-order chi connectivity index (χ1) is 17.3. The molecule has 0 bridgehead atoms. The molecule has 0 aliphatic carbocycles. The summed E-state index contributed by atoms with van der Waals surface area (Å²) in [7, 11) is 3.88. The highest BCUT2D eigenvalue weighted by Crippen LogP contribution is 2.42. The van der Waals surface area contributed by atoms with Gasteiger partial charge in [0.15, 0.2) is 11.5 Å². The molecule has 0 saturated carbocycles. The van der Waals surface area contributed by atoms with Crippen LogP contribution in [0, 0.1) is 0 Å². The number of nitrogens with zero attached hydrogens (tertiary/aromatic N) is 2. The van der Waals surface area contributed by atoms with E-state index in [1.165, 1.54) is 11.0 Å². The standard InChI is InChI=1S/C28H36N2O6/c1-5-7-16-36-21-11-8-10-20(17-21)26(32)24-25(19-12-13-22(31)23(18-19)35-6-2)30(28(34)27(24)33)15-9-14-29(3)4/h8,10-13,17-18,25,31-32H,5-7,9,14-16H2,1-4H3. The lowest BCUT2D eigenvalue weighted by atomic mass is 9.95. The zero-order valence-electron chi connectivity index (χ0n) is 21.5. The molecule has 1 amide bonds. The summed E-state index contributed by atoms with van der Waals surface area (Å²) >= 11 is 0. The second-order valence-electron chi connectivity index (χ2n) is 9.04. The van der Waals surface area contributed by atoms with Crippen molar-refractivity contribution < 1.29 is 29.3 Å². The predicted octanol–water partition coefficient (Wildman–Crippen LogP) is 4.34. The zero-order chi connectivity index (χ0) is 26.2. The van der Waals surface area contributed by atoms with Gasteiger partial charge in [-0.25, -0.2) is 0 Å². The quantitative estimate of drug-likeness (QED) is 0.195. The fourth-order valence-corrected chi connectivity index (χ4v) is 4.21. The van der Waals surface area contributed by atoms with E-state index in [1.54, 1.807) is 43.3 Å². The number of ketones is 1. The number of benzene rings is 2. The normalized spacial score (nSPS) is 17.1. The molecular weight excluding hydrogens is 460 g/mol. The van der Waals surface area contributed by atoms with Gasteiger partial charge in [-0.15, -0.1) is 0 Å². The monoisotopic (exact) mass is 496 g/mol. The summed E-state index contributed by atoms with van der Waals surface area (Å²) < 4.78 is 11.3. The maximum atomic E-state index is 13.3. The highest BCUT2D eigenvalue weighted by molar-refractivity contribution is 6.46. The Labute approximate surface area is 212 Å². The molecule has 1 saturated heterocycles. The highest BCUT2D eigenvalue weighted by atomic mass is 16.5. The molecule has 1 atom stereocenters. The van der Waals surface area contributed by atoms with E-state index in [4.69, 9.17) is 9.47 Å². The fraction of sp³-hybridized carbons (Fsp3) is 0.429. The molecule has 0 aromatic heterocycles. The van der Waals surface area contributed by atoms with Gasteiger partial charge in [0.2, 0.25) is 0 Å². The molecule has 1 aliphatic rings. The van der Waals surface area contributed by atoms with Gasteiger partial charge in [0, 0.05) is 12.1 Å². The van der Waals surface area contributed by atoms with Crippen molar-refractivity contribution in [1.29, 1.82) is 0 Å². The van der Waals surface area contributed by atoms with Crippen molar-refractivity contribution in [3.63, 3.8) is 0 Å². The van der Waals surface area contributed by atoms with Crippen molar-refractivity contribution in [1.82, 2.24) is 9.80 Å². The van der Waals surface area contributed by atoms with Crippen LogP contribution in [0.4, 0.5) is 0 Å². The average molecular weight is 497 g/mol. The Morgan fingerprint density at radius 2 is 1.83 bits per heavy atom. The number of rotatable bonds is 12. The Morgan fingerprint density at radius 1 is 1.06 bits per heavy atom. The lowest BCUT2D eigenvalue weighted by Gasteiger charge is -2.26. The van der Waals surface area contributed by atoms with Crippen LogP contribution in [0.1, 0.15) is 50.3 Å². The molecular formula is C28H36N2O6. The summed E-state index contributed by atoms with van der Waals surface area (Å²) in [4.78, 5) is 29.9. The Hall–Kier alpha value is -3.52. The van der Waals surface area contributed by atoms with E-state index in [2.05, 4.69) is 6.92 Å². The predicted molar refractivity (Wildman–Crippen MR) is 138 cm³/mol. The number of phenolic OH excluding ortho intramolecular Hbond substituents is 1. The number of carbonyl (C=O) groups is 2. The molecule has 1 unspecified atom stereocenters. The third-order valence-electron chi connectivity index (χ3n) is 6.02. The number of ether oxygens (including phenoxy) is 2. The van der Waals surface area contributed by atoms with Gasteiger partial charge in [-0.3, -0.25) is 9.59 Å². The molecule has 3 rings (SSSR count). The van der Waals surface area contributed by atoms with E-state index in [0.717, 1.165) is 19.4 Å². The number of amides is 1. The minimum Gasteiger partial charge on any atom is -0.507 e. The molecule has 36 heavy (non-hydrogen) atoms. The summed E-state index contributed by atoms with van der Waals surface area (Å²) in [6, 6.07) is 10.8. The summed E-state index contributed by atoms with van der Waals surface area (Å²) in [5, 5.41) is 21.5. The molecule has 1 heterocycles. The van der Waals surface area contributed by atoms with Gasteiger partial charge in [0.1, 0.15) is 11.5 Å². The maximum absolute atomic E-state index is 13.3. The van der Waals surface area contributed by atoms with Crippen LogP contribution in [-0.2, 0) is 9.59 Å². The number of hydrogen-bond donors (Lipinski definition) is 2. The van der Waals surface area contributed by atoms with Crippen molar-refractivity contribution >= 4 is 17.4 Å². The molecule has 8 heteroatoms. The lowest BCUT2D eigenvalue weighted by molar-refractivity contribution is -0.139. The number of aliphatic hydroxyl groups excluding tert-OH is 1. The van der Waals surface area contributed by atoms with Crippen molar-refractivity contribution in [2.45, 2.75) is 39.2 Å². The smallest absolute Gasteiger partial charge is 0.295 e. The van der Waals surface area contributed by atoms with Gasteiger partial charge in [0.25, 0.3) is 11.7 Å². The van der Waals surface area contributed by atoms with Crippen molar-refractivity contribution in [3.05, 3.63) is 59.2 Å². The average Bonchev–Trinajstić information content (AvgIpc) is 3.10. The molecule has 194 valence electrons. The topological polar surface area (TPSA) is 99.5 Å². The van der Waals surface area contributed by atoms with E-state index in [-0.39, 0.29) is 22.8 Å². The summed E-state index contributed by atoms with van der Waals surface area (Å²) in [6.45, 7) is 5.82. The summed E-state index contributed by atoms with van der Waals surface area (Å²) in [5.74, 6) is -0.886. The molecule has 0 spiro atoms. The fourth-order valence-electron chi connectivity index (χ4n) is 4.21. The van der Waals surface area contributed by atoms with Gasteiger partial charge in [-0.05, 0) is 70.2 Å². The maximum Gasteiger partial charge on any atom is 0.295 e. The van der Waals surface area contributed by atoms with Gasteiger partial charge >= 0.3 is 0 Å². The SMILES string of the molecule is CCCCOc1cccc(C(O)=C2C(=O)C(=O)N(CCCN(C)C)C2c2ccc(O)c(OCC)c2)c1. The Kier molecular flexibility index (Phi) is 9.36. The second kappa shape index (κ2) is 12.4.